The molecule has 620 valence electrons. The Hall–Kier alpha value is -2.46. The molecular weight excluding hydrogens is 1370 g/mol. The number of hydrogen-bond donors (Lipinski definition) is 3. The van der Waals surface area contributed by atoms with Crippen LogP contribution >= 0.6 is 15.6 Å². The number of phosphoric ester groups is 2. The van der Waals surface area contributed by atoms with Crippen molar-refractivity contribution in [1.29, 1.82) is 0 Å². The Morgan fingerprint density at radius 2 is 0.514 bits per heavy atom. The van der Waals surface area contributed by atoms with Gasteiger partial charge >= 0.3 is 39.5 Å². The maximum Gasteiger partial charge on any atom is 0.472 e. The number of ether oxygens (including phenoxy) is 4. The average molecular weight is 1530 g/mol. The van der Waals surface area contributed by atoms with Gasteiger partial charge in [-0.25, -0.2) is 9.13 Å². The van der Waals surface area contributed by atoms with Crippen LogP contribution in [0.1, 0.15) is 433 Å². The number of aliphatic hydroxyl groups is 1. The van der Waals surface area contributed by atoms with Gasteiger partial charge in [0.05, 0.1) is 26.4 Å². The van der Waals surface area contributed by atoms with Gasteiger partial charge in [-0.3, -0.25) is 37.3 Å². The molecule has 0 aromatic carbocycles. The highest BCUT2D eigenvalue weighted by atomic mass is 31.2. The van der Waals surface area contributed by atoms with Crippen molar-refractivity contribution in [3.8, 4) is 0 Å². The SMILES string of the molecule is CCCCCC/C=C\C=C/CCCCCCCC(=O)O[C@H](COC(=O)CCCCCCCCCCCCCC)COP(=O)(O)OC[C@H](O)COP(=O)(O)OC[C@@H](COC(=O)CCCCCCCCCCCCCCCCCCC(C)C)OC(=O)CCCCCCCCCCCCCCCCCCC(C)C. The van der Waals surface area contributed by atoms with Gasteiger partial charge in [0.15, 0.2) is 12.2 Å². The molecule has 0 aromatic rings. The minimum absolute atomic E-state index is 0.0856. The van der Waals surface area contributed by atoms with Gasteiger partial charge in [0.25, 0.3) is 0 Å². The smallest absolute Gasteiger partial charge is 0.462 e. The van der Waals surface area contributed by atoms with Gasteiger partial charge in [0.2, 0.25) is 0 Å². The summed E-state index contributed by atoms with van der Waals surface area (Å²) >= 11 is 0. The number of rotatable bonds is 83. The molecule has 0 heterocycles. The van der Waals surface area contributed by atoms with E-state index in [4.69, 9.17) is 37.0 Å². The highest BCUT2D eigenvalue weighted by Gasteiger charge is 2.30. The van der Waals surface area contributed by atoms with Crippen LogP contribution in [0, 0.1) is 11.8 Å². The van der Waals surface area contributed by atoms with E-state index in [2.05, 4.69) is 65.8 Å². The van der Waals surface area contributed by atoms with E-state index in [9.17, 15) is 43.2 Å². The molecule has 19 heteroatoms. The number of aliphatic hydroxyl groups excluding tert-OH is 1. The normalized spacial score (nSPS) is 14.0. The highest BCUT2D eigenvalue weighted by molar-refractivity contribution is 7.47. The molecule has 0 spiro atoms. The van der Waals surface area contributed by atoms with Crippen LogP contribution in [0.3, 0.4) is 0 Å². The first-order chi connectivity index (χ1) is 50.9. The fraction of sp³-hybridized carbons (Fsp3) is 0.907. The van der Waals surface area contributed by atoms with Gasteiger partial charge in [-0.2, -0.15) is 0 Å². The fourth-order valence-corrected chi connectivity index (χ4v) is 14.5. The number of carbonyl (C=O) groups excluding carboxylic acids is 4. The number of unbranched alkanes of at least 4 members (excludes halogenated alkanes) is 50. The van der Waals surface area contributed by atoms with E-state index >= 15 is 0 Å². The highest BCUT2D eigenvalue weighted by Crippen LogP contribution is 2.45. The number of allylic oxidation sites excluding steroid dienone is 4. The molecule has 0 aliphatic heterocycles. The van der Waals surface area contributed by atoms with Crippen LogP contribution in [0.2, 0.25) is 0 Å². The Balaban J connectivity index is 5.28. The number of phosphoric acid groups is 2. The van der Waals surface area contributed by atoms with Gasteiger partial charge < -0.3 is 33.8 Å². The summed E-state index contributed by atoms with van der Waals surface area (Å²) in [6.07, 6.45) is 71.5. The molecule has 0 radical (unpaired) electrons. The molecule has 3 N–H and O–H groups in total. The molecule has 5 atom stereocenters. The molecule has 0 aliphatic carbocycles. The third kappa shape index (κ3) is 79.4. The third-order valence-corrected chi connectivity index (χ3v) is 21.5. The lowest BCUT2D eigenvalue weighted by Gasteiger charge is -2.21. The van der Waals surface area contributed by atoms with Gasteiger partial charge in [-0.1, -0.05) is 380 Å². The Labute approximate surface area is 643 Å². The molecular formula is C86H164O17P2. The van der Waals surface area contributed by atoms with E-state index in [1.54, 1.807) is 0 Å². The van der Waals surface area contributed by atoms with Gasteiger partial charge in [-0.05, 0) is 63.2 Å². The lowest BCUT2D eigenvalue weighted by Crippen LogP contribution is -2.30. The number of esters is 4. The van der Waals surface area contributed by atoms with Crippen LogP contribution in [-0.4, -0.2) is 96.7 Å². The molecule has 2 unspecified atom stereocenters. The summed E-state index contributed by atoms with van der Waals surface area (Å²) in [5.41, 5.74) is 0. The van der Waals surface area contributed by atoms with Crippen LogP contribution < -0.4 is 0 Å². The zero-order valence-corrected chi connectivity index (χ0v) is 70.3. The second-order valence-corrected chi connectivity index (χ2v) is 34.1. The Morgan fingerprint density at radius 3 is 0.781 bits per heavy atom. The van der Waals surface area contributed by atoms with Crippen molar-refractivity contribution in [1.82, 2.24) is 0 Å². The molecule has 0 bridgehead atoms. The van der Waals surface area contributed by atoms with Gasteiger partial charge in [0, 0.05) is 25.7 Å². The molecule has 0 aromatic heterocycles. The summed E-state index contributed by atoms with van der Waals surface area (Å²) in [5.74, 6) is -0.512. The van der Waals surface area contributed by atoms with Crippen LogP contribution in [0.4, 0.5) is 0 Å². The maximum absolute atomic E-state index is 13.1. The largest absolute Gasteiger partial charge is 0.472 e. The minimum Gasteiger partial charge on any atom is -0.462 e. The molecule has 105 heavy (non-hydrogen) atoms. The third-order valence-electron chi connectivity index (χ3n) is 19.6. The Morgan fingerprint density at radius 1 is 0.295 bits per heavy atom. The molecule has 17 nitrogen and oxygen atoms in total. The van der Waals surface area contributed by atoms with Crippen molar-refractivity contribution >= 4 is 39.5 Å². The first kappa shape index (κ1) is 103. The standard InChI is InChI=1S/C86H164O17P2/c1-7-9-11-13-15-17-19-21-26-34-40-46-52-58-64-70-85(90)102-81(74-96-83(88)68-62-56-50-44-38-20-18-16-14-12-10-8-2)76-100-104(92,93)98-72-80(87)73-99-105(94,95)101-77-82(103-86(91)71-65-59-53-47-41-35-30-25-23-28-32-37-43-49-55-61-67-79(5)6)75-97-84(89)69-63-57-51-45-39-33-29-24-22-27-31-36-42-48-54-60-66-78(3)4/h17,19,21,26,78-82,87H,7-16,18,20,22-25,27-77H2,1-6H3,(H,92,93)(H,94,95)/b19-17-,26-21-/t80-,81+,82+/m0/s1. The molecule has 0 aliphatic rings. The quantitative estimate of drug-likeness (QED) is 0.0169. The maximum atomic E-state index is 13.1. The van der Waals surface area contributed by atoms with Gasteiger partial charge in [-0.15, -0.1) is 0 Å². The predicted molar refractivity (Wildman–Crippen MR) is 432 cm³/mol. The van der Waals surface area contributed by atoms with E-state index in [0.717, 1.165) is 115 Å². The second-order valence-electron chi connectivity index (χ2n) is 31.2. The van der Waals surface area contributed by atoms with E-state index in [0.29, 0.717) is 25.7 Å². The van der Waals surface area contributed by atoms with E-state index in [1.807, 2.05) is 0 Å². The molecule has 0 rings (SSSR count). The van der Waals surface area contributed by atoms with Crippen LogP contribution in [0.15, 0.2) is 24.3 Å². The van der Waals surface area contributed by atoms with Crippen LogP contribution in [-0.2, 0) is 65.4 Å². The lowest BCUT2D eigenvalue weighted by atomic mass is 10.0. The molecule has 0 amide bonds. The summed E-state index contributed by atoms with van der Waals surface area (Å²) in [6.45, 7) is 9.66. The molecule has 0 saturated carbocycles. The van der Waals surface area contributed by atoms with Crippen molar-refractivity contribution in [3.05, 3.63) is 24.3 Å². The summed E-state index contributed by atoms with van der Waals surface area (Å²) < 4.78 is 68.9. The van der Waals surface area contributed by atoms with Gasteiger partial charge in [0.1, 0.15) is 19.3 Å². The first-order valence-corrected chi connectivity index (χ1v) is 46.8. The summed E-state index contributed by atoms with van der Waals surface area (Å²) in [6, 6.07) is 0. The Kier molecular flexibility index (Phi) is 75.1. The van der Waals surface area contributed by atoms with E-state index in [-0.39, 0.29) is 25.7 Å². The Bertz CT molecular complexity index is 2110. The number of carbonyl (C=O) groups is 4. The monoisotopic (exact) mass is 1530 g/mol. The second kappa shape index (κ2) is 76.9. The van der Waals surface area contributed by atoms with Crippen molar-refractivity contribution in [3.63, 3.8) is 0 Å². The summed E-state index contributed by atoms with van der Waals surface area (Å²) in [5, 5.41) is 10.7. The zero-order valence-electron chi connectivity index (χ0n) is 68.5. The van der Waals surface area contributed by atoms with E-state index in [1.165, 1.54) is 238 Å². The minimum atomic E-state index is -4.97. The van der Waals surface area contributed by atoms with Crippen LogP contribution in [0.25, 0.3) is 0 Å². The number of hydrogen-bond acceptors (Lipinski definition) is 15. The van der Waals surface area contributed by atoms with Crippen molar-refractivity contribution in [2.45, 2.75) is 452 Å². The molecule has 0 fully saturated rings. The predicted octanol–water partition coefficient (Wildman–Crippen LogP) is 25.8. The summed E-state index contributed by atoms with van der Waals surface area (Å²) in [4.78, 5) is 73.2. The van der Waals surface area contributed by atoms with Crippen molar-refractivity contribution in [2.24, 2.45) is 11.8 Å². The summed E-state index contributed by atoms with van der Waals surface area (Å²) in [7, 11) is -9.94. The zero-order chi connectivity index (χ0) is 77.1. The average Bonchev–Trinajstić information content (AvgIpc) is 0.915. The lowest BCUT2D eigenvalue weighted by molar-refractivity contribution is -0.161. The van der Waals surface area contributed by atoms with Crippen LogP contribution in [0.5, 0.6) is 0 Å². The topological polar surface area (TPSA) is 237 Å². The fourth-order valence-electron chi connectivity index (χ4n) is 12.9. The van der Waals surface area contributed by atoms with Crippen molar-refractivity contribution in [2.75, 3.05) is 39.6 Å². The van der Waals surface area contributed by atoms with E-state index < -0.39 is 97.5 Å². The molecule has 0 saturated heterocycles. The van der Waals surface area contributed by atoms with Crippen molar-refractivity contribution < 1.29 is 80.2 Å². The first-order valence-electron chi connectivity index (χ1n) is 43.8.